The number of thiazole rings is 1. The van der Waals surface area contributed by atoms with E-state index in [4.69, 9.17) is 4.98 Å². The van der Waals surface area contributed by atoms with Crippen molar-refractivity contribution in [3.8, 4) is 22.3 Å². The minimum absolute atomic E-state index is 0.230. The number of pyridine rings is 1. The van der Waals surface area contributed by atoms with Crippen LogP contribution in [0.1, 0.15) is 24.8 Å². The first-order valence-electron chi connectivity index (χ1n) is 8.85. The van der Waals surface area contributed by atoms with Gasteiger partial charge in [0.25, 0.3) is 0 Å². The minimum atomic E-state index is 0.230. The summed E-state index contributed by atoms with van der Waals surface area (Å²) in [5.74, 6) is 0.230. The SMILES string of the molecule is CCCC(=O)Cc1nc2cc(-c3cccnc3)cc(-c3cncnc3)c2s1. The molecule has 0 radical (unpaired) electrons. The van der Waals surface area contributed by atoms with Crippen molar-refractivity contribution in [1.82, 2.24) is 19.9 Å². The van der Waals surface area contributed by atoms with E-state index in [0.717, 1.165) is 43.9 Å². The maximum atomic E-state index is 12.1. The van der Waals surface area contributed by atoms with Gasteiger partial charge in [-0.15, -0.1) is 11.3 Å². The molecule has 0 saturated heterocycles. The fraction of sp³-hybridized carbons (Fsp3) is 0.190. The molecule has 0 aliphatic carbocycles. The second-order valence-corrected chi connectivity index (χ2v) is 7.40. The molecule has 0 aliphatic rings. The van der Waals surface area contributed by atoms with Gasteiger partial charge in [-0.05, 0) is 30.2 Å². The highest BCUT2D eigenvalue weighted by Crippen LogP contribution is 2.37. The van der Waals surface area contributed by atoms with E-state index in [1.165, 1.54) is 6.33 Å². The van der Waals surface area contributed by atoms with E-state index in [9.17, 15) is 4.79 Å². The molecular weight excluding hydrogens is 356 g/mol. The summed E-state index contributed by atoms with van der Waals surface area (Å²) in [5.41, 5.74) is 4.90. The van der Waals surface area contributed by atoms with Crippen LogP contribution in [0.4, 0.5) is 0 Å². The van der Waals surface area contributed by atoms with Crippen LogP contribution >= 0.6 is 11.3 Å². The molecule has 4 aromatic rings. The Bertz CT molecular complexity index is 1080. The number of hydrogen-bond acceptors (Lipinski definition) is 6. The van der Waals surface area contributed by atoms with E-state index in [2.05, 4.69) is 27.1 Å². The lowest BCUT2D eigenvalue weighted by Gasteiger charge is -2.06. The van der Waals surface area contributed by atoms with Crippen molar-refractivity contribution in [1.29, 1.82) is 0 Å². The number of fused-ring (bicyclic) bond motifs is 1. The summed E-state index contributed by atoms with van der Waals surface area (Å²) in [7, 11) is 0. The summed E-state index contributed by atoms with van der Waals surface area (Å²) in [5, 5.41) is 0.852. The summed E-state index contributed by atoms with van der Waals surface area (Å²) < 4.78 is 1.05. The lowest BCUT2D eigenvalue weighted by molar-refractivity contribution is -0.118. The Labute approximate surface area is 161 Å². The van der Waals surface area contributed by atoms with Crippen LogP contribution < -0.4 is 0 Å². The molecule has 5 nitrogen and oxygen atoms in total. The third-order valence-corrected chi connectivity index (χ3v) is 5.38. The van der Waals surface area contributed by atoms with E-state index in [-0.39, 0.29) is 5.78 Å². The Morgan fingerprint density at radius 1 is 1.04 bits per heavy atom. The Balaban J connectivity index is 1.86. The number of ketones is 1. The largest absolute Gasteiger partial charge is 0.299 e. The standard InChI is InChI=1S/C21H18N4OS/c1-2-4-17(26)9-20-25-19-8-15(14-5-3-6-22-10-14)7-18(21(19)27-20)16-11-23-13-24-12-16/h3,5-8,10-13H,2,4,9H2,1H3. The Kier molecular flexibility index (Phi) is 4.98. The fourth-order valence-corrected chi connectivity index (χ4v) is 4.15. The van der Waals surface area contributed by atoms with Gasteiger partial charge in [-0.2, -0.15) is 0 Å². The highest BCUT2D eigenvalue weighted by molar-refractivity contribution is 7.19. The van der Waals surface area contributed by atoms with Gasteiger partial charge < -0.3 is 0 Å². The molecular formula is C21H18N4OS. The molecule has 0 saturated carbocycles. The molecule has 0 spiro atoms. The Morgan fingerprint density at radius 3 is 2.59 bits per heavy atom. The molecule has 27 heavy (non-hydrogen) atoms. The van der Waals surface area contributed by atoms with Crippen molar-refractivity contribution in [2.45, 2.75) is 26.2 Å². The van der Waals surface area contributed by atoms with Gasteiger partial charge in [0.1, 0.15) is 17.1 Å². The van der Waals surface area contributed by atoms with E-state index in [1.54, 1.807) is 29.9 Å². The number of carbonyl (C=O) groups is 1. The van der Waals surface area contributed by atoms with Gasteiger partial charge in [-0.1, -0.05) is 13.0 Å². The number of rotatable bonds is 6. The number of Topliss-reactive ketones (excluding diaryl/α,β-unsaturated/α-hetero) is 1. The van der Waals surface area contributed by atoms with Crippen LogP contribution in [0, 0.1) is 0 Å². The molecule has 0 atom stereocenters. The molecule has 0 aliphatic heterocycles. The third-order valence-electron chi connectivity index (χ3n) is 4.28. The molecule has 3 aromatic heterocycles. The van der Waals surface area contributed by atoms with Crippen molar-refractivity contribution in [2.75, 3.05) is 0 Å². The van der Waals surface area contributed by atoms with Crippen LogP contribution in [0.5, 0.6) is 0 Å². The number of carbonyl (C=O) groups excluding carboxylic acids is 1. The predicted octanol–water partition coefficient (Wildman–Crippen LogP) is 4.73. The normalized spacial score (nSPS) is 11.0. The molecule has 134 valence electrons. The molecule has 0 fully saturated rings. The summed E-state index contributed by atoms with van der Waals surface area (Å²) in [6.45, 7) is 2.02. The lowest BCUT2D eigenvalue weighted by atomic mass is 10.0. The van der Waals surface area contributed by atoms with Gasteiger partial charge in [-0.3, -0.25) is 9.78 Å². The highest BCUT2D eigenvalue weighted by Gasteiger charge is 2.15. The Hall–Kier alpha value is -2.99. The zero-order valence-electron chi connectivity index (χ0n) is 14.9. The molecule has 6 heteroatoms. The maximum absolute atomic E-state index is 12.1. The van der Waals surface area contributed by atoms with Crippen molar-refractivity contribution in [3.05, 3.63) is 60.4 Å². The number of aromatic nitrogens is 4. The first-order chi connectivity index (χ1) is 13.2. The van der Waals surface area contributed by atoms with Gasteiger partial charge in [0.05, 0.1) is 16.6 Å². The first-order valence-corrected chi connectivity index (χ1v) is 9.67. The van der Waals surface area contributed by atoms with Crippen molar-refractivity contribution >= 4 is 27.3 Å². The van der Waals surface area contributed by atoms with Gasteiger partial charge in [0, 0.05) is 47.9 Å². The predicted molar refractivity (Wildman–Crippen MR) is 107 cm³/mol. The second-order valence-electron chi connectivity index (χ2n) is 6.31. The lowest BCUT2D eigenvalue weighted by Crippen LogP contribution is -2.00. The zero-order valence-corrected chi connectivity index (χ0v) is 15.7. The summed E-state index contributed by atoms with van der Waals surface area (Å²) in [6, 6.07) is 8.12. The first kappa shape index (κ1) is 17.4. The number of benzene rings is 1. The molecule has 1 aromatic carbocycles. The molecule has 0 N–H and O–H groups in total. The summed E-state index contributed by atoms with van der Waals surface area (Å²) >= 11 is 1.57. The molecule has 0 unspecified atom stereocenters. The molecule has 4 rings (SSSR count). The zero-order chi connectivity index (χ0) is 18.6. The average molecular weight is 374 g/mol. The topological polar surface area (TPSA) is 68.6 Å². The van der Waals surface area contributed by atoms with E-state index in [1.807, 2.05) is 25.3 Å². The van der Waals surface area contributed by atoms with Gasteiger partial charge in [0.2, 0.25) is 0 Å². The van der Waals surface area contributed by atoms with Crippen LogP contribution in [-0.4, -0.2) is 25.7 Å². The van der Waals surface area contributed by atoms with E-state index >= 15 is 0 Å². The molecule has 0 bridgehead atoms. The maximum Gasteiger partial charge on any atom is 0.139 e. The summed E-state index contributed by atoms with van der Waals surface area (Å²) in [4.78, 5) is 29.3. The molecule has 0 amide bonds. The fourth-order valence-electron chi connectivity index (χ4n) is 3.04. The van der Waals surface area contributed by atoms with Crippen LogP contribution in [-0.2, 0) is 11.2 Å². The molecule has 3 heterocycles. The quantitative estimate of drug-likeness (QED) is 0.488. The highest BCUT2D eigenvalue weighted by atomic mass is 32.1. The van der Waals surface area contributed by atoms with E-state index in [0.29, 0.717) is 12.8 Å². The van der Waals surface area contributed by atoms with Crippen molar-refractivity contribution in [2.24, 2.45) is 0 Å². The second kappa shape index (κ2) is 7.72. The van der Waals surface area contributed by atoms with Gasteiger partial charge in [0.15, 0.2) is 0 Å². The number of hydrogen-bond donors (Lipinski definition) is 0. The van der Waals surface area contributed by atoms with E-state index < -0.39 is 0 Å². The van der Waals surface area contributed by atoms with Crippen LogP contribution in [0.25, 0.3) is 32.5 Å². The van der Waals surface area contributed by atoms with Gasteiger partial charge >= 0.3 is 0 Å². The third kappa shape index (κ3) is 3.75. The smallest absolute Gasteiger partial charge is 0.139 e. The van der Waals surface area contributed by atoms with Crippen LogP contribution in [0.3, 0.4) is 0 Å². The van der Waals surface area contributed by atoms with Gasteiger partial charge in [-0.25, -0.2) is 15.0 Å². The van der Waals surface area contributed by atoms with Crippen LogP contribution in [0.2, 0.25) is 0 Å². The monoisotopic (exact) mass is 374 g/mol. The van der Waals surface area contributed by atoms with Crippen molar-refractivity contribution in [3.63, 3.8) is 0 Å². The minimum Gasteiger partial charge on any atom is -0.299 e. The summed E-state index contributed by atoms with van der Waals surface area (Å²) in [6.07, 6.45) is 10.6. The van der Waals surface area contributed by atoms with Crippen LogP contribution in [0.15, 0.2) is 55.4 Å². The average Bonchev–Trinajstić information content (AvgIpc) is 3.11. The Morgan fingerprint density at radius 2 is 1.85 bits per heavy atom. The number of nitrogens with zero attached hydrogens (tertiary/aromatic N) is 4. The van der Waals surface area contributed by atoms with Crippen molar-refractivity contribution < 1.29 is 4.79 Å².